The van der Waals surface area contributed by atoms with Crippen molar-refractivity contribution in [1.82, 2.24) is 0 Å². The Morgan fingerprint density at radius 1 is 1.26 bits per heavy atom. The summed E-state index contributed by atoms with van der Waals surface area (Å²) in [6.45, 7) is 10.8. The molecule has 0 bridgehead atoms. The zero-order valence-electron chi connectivity index (χ0n) is 12.5. The van der Waals surface area contributed by atoms with E-state index in [1.807, 2.05) is 0 Å². The van der Waals surface area contributed by atoms with Crippen LogP contribution in [0.5, 0.6) is 5.75 Å². The molecule has 19 heavy (non-hydrogen) atoms. The molecular formula is C14H23NO3Si. The van der Waals surface area contributed by atoms with Gasteiger partial charge in [-0.15, -0.1) is 0 Å². The number of nitrogens with two attached hydrogens (primary N) is 1. The van der Waals surface area contributed by atoms with Gasteiger partial charge in [-0.25, -0.2) is 4.79 Å². The molecule has 0 unspecified atom stereocenters. The first-order valence-electron chi connectivity index (χ1n) is 6.25. The van der Waals surface area contributed by atoms with Crippen molar-refractivity contribution in [2.45, 2.75) is 38.9 Å². The van der Waals surface area contributed by atoms with Gasteiger partial charge in [-0.3, -0.25) is 0 Å². The first kappa shape index (κ1) is 15.6. The van der Waals surface area contributed by atoms with Crippen molar-refractivity contribution in [1.29, 1.82) is 0 Å². The van der Waals surface area contributed by atoms with E-state index >= 15 is 0 Å². The predicted octanol–water partition coefficient (Wildman–Crippen LogP) is 3.44. The van der Waals surface area contributed by atoms with Crippen molar-refractivity contribution in [3.8, 4) is 5.75 Å². The van der Waals surface area contributed by atoms with E-state index in [2.05, 4.69) is 33.9 Å². The van der Waals surface area contributed by atoms with E-state index in [1.54, 1.807) is 18.2 Å². The van der Waals surface area contributed by atoms with Gasteiger partial charge in [0.25, 0.3) is 0 Å². The number of hydrogen-bond acceptors (Lipinski definition) is 4. The number of carbonyl (C=O) groups is 1. The van der Waals surface area contributed by atoms with E-state index in [0.717, 1.165) is 0 Å². The number of anilines is 1. The van der Waals surface area contributed by atoms with Crippen LogP contribution in [0.15, 0.2) is 18.2 Å². The average molecular weight is 281 g/mol. The first-order chi connectivity index (χ1) is 8.58. The van der Waals surface area contributed by atoms with Crippen molar-refractivity contribution in [3.63, 3.8) is 0 Å². The lowest BCUT2D eigenvalue weighted by Crippen LogP contribution is -2.43. The minimum atomic E-state index is -1.92. The largest absolute Gasteiger partial charge is 0.543 e. The van der Waals surface area contributed by atoms with Crippen LogP contribution in [0.3, 0.4) is 0 Å². The fraction of sp³-hybridized carbons (Fsp3) is 0.500. The summed E-state index contributed by atoms with van der Waals surface area (Å²) < 4.78 is 10.8. The lowest BCUT2D eigenvalue weighted by atomic mass is 10.2. The van der Waals surface area contributed by atoms with Gasteiger partial charge in [-0.05, 0) is 36.3 Å². The van der Waals surface area contributed by atoms with E-state index in [1.165, 1.54) is 7.11 Å². The summed E-state index contributed by atoms with van der Waals surface area (Å²) in [7, 11) is -0.587. The minimum Gasteiger partial charge on any atom is -0.543 e. The zero-order chi connectivity index (χ0) is 14.8. The standard InChI is InChI=1S/C14H23NO3Si/c1-14(2,3)19(5,6)18-10-7-8-12(15)11(9-10)13(16)17-4/h7-9H,15H2,1-6H3. The highest BCUT2D eigenvalue weighted by molar-refractivity contribution is 6.74. The number of hydrogen-bond donors (Lipinski definition) is 1. The summed E-state index contributed by atoms with van der Waals surface area (Å²) in [4.78, 5) is 11.6. The molecule has 0 aromatic heterocycles. The van der Waals surface area contributed by atoms with E-state index in [0.29, 0.717) is 17.0 Å². The number of methoxy groups -OCH3 is 1. The van der Waals surface area contributed by atoms with Crippen LogP contribution < -0.4 is 10.2 Å². The molecule has 4 nitrogen and oxygen atoms in total. The topological polar surface area (TPSA) is 61.5 Å². The van der Waals surface area contributed by atoms with E-state index in [-0.39, 0.29) is 5.04 Å². The zero-order valence-corrected chi connectivity index (χ0v) is 13.5. The van der Waals surface area contributed by atoms with Gasteiger partial charge in [0.05, 0.1) is 12.7 Å². The Morgan fingerprint density at radius 3 is 2.32 bits per heavy atom. The molecule has 1 aromatic carbocycles. The summed E-state index contributed by atoms with van der Waals surface area (Å²) in [6.07, 6.45) is 0. The fourth-order valence-corrected chi connectivity index (χ4v) is 2.36. The maximum absolute atomic E-state index is 11.6. The highest BCUT2D eigenvalue weighted by Crippen LogP contribution is 2.37. The van der Waals surface area contributed by atoms with Crippen molar-refractivity contribution in [2.24, 2.45) is 0 Å². The summed E-state index contributed by atoms with van der Waals surface area (Å²) in [5.41, 5.74) is 6.51. The van der Waals surface area contributed by atoms with Crippen LogP contribution in [0.1, 0.15) is 31.1 Å². The van der Waals surface area contributed by atoms with Crippen molar-refractivity contribution >= 4 is 20.0 Å². The lowest BCUT2D eigenvalue weighted by molar-refractivity contribution is 0.0601. The Hall–Kier alpha value is -1.49. The molecule has 0 amide bonds. The molecule has 5 heteroatoms. The SMILES string of the molecule is COC(=O)c1cc(O[Si](C)(C)C(C)(C)C)ccc1N. The Labute approximate surface area is 116 Å². The van der Waals surface area contributed by atoms with Crippen LogP contribution in [0.4, 0.5) is 5.69 Å². The lowest BCUT2D eigenvalue weighted by Gasteiger charge is -2.36. The molecule has 0 saturated carbocycles. The number of rotatable bonds is 3. The molecule has 1 rings (SSSR count). The maximum Gasteiger partial charge on any atom is 0.340 e. The van der Waals surface area contributed by atoms with Crippen molar-refractivity contribution in [3.05, 3.63) is 23.8 Å². The summed E-state index contributed by atoms with van der Waals surface area (Å²) in [5.74, 6) is 0.222. The van der Waals surface area contributed by atoms with Gasteiger partial charge in [0.15, 0.2) is 0 Å². The summed E-state index contributed by atoms with van der Waals surface area (Å²) in [5, 5.41) is 0.0970. The van der Waals surface area contributed by atoms with Crippen molar-refractivity contribution in [2.75, 3.05) is 12.8 Å². The van der Waals surface area contributed by atoms with Gasteiger partial charge in [0.1, 0.15) is 5.75 Å². The molecule has 0 atom stereocenters. The van der Waals surface area contributed by atoms with E-state index < -0.39 is 14.3 Å². The molecular weight excluding hydrogens is 258 g/mol. The van der Waals surface area contributed by atoms with Gasteiger partial charge >= 0.3 is 5.97 Å². The monoisotopic (exact) mass is 281 g/mol. The Kier molecular flexibility index (Phi) is 4.30. The average Bonchev–Trinajstić information content (AvgIpc) is 2.29. The van der Waals surface area contributed by atoms with Crippen LogP contribution in [0.25, 0.3) is 0 Å². The van der Waals surface area contributed by atoms with E-state index in [9.17, 15) is 4.79 Å². The second kappa shape index (κ2) is 5.25. The molecule has 0 aliphatic heterocycles. The number of carbonyl (C=O) groups excluding carboxylic acids is 1. The molecule has 0 radical (unpaired) electrons. The smallest absolute Gasteiger partial charge is 0.340 e. The minimum absolute atomic E-state index is 0.0970. The summed E-state index contributed by atoms with van der Waals surface area (Å²) in [6, 6.07) is 5.12. The van der Waals surface area contributed by atoms with E-state index in [4.69, 9.17) is 14.9 Å². The van der Waals surface area contributed by atoms with Gasteiger partial charge in [0.2, 0.25) is 8.32 Å². The number of benzene rings is 1. The maximum atomic E-state index is 11.6. The second-order valence-electron chi connectivity index (χ2n) is 6.10. The highest BCUT2D eigenvalue weighted by Gasteiger charge is 2.39. The third-order valence-electron chi connectivity index (χ3n) is 3.61. The Morgan fingerprint density at radius 2 is 1.84 bits per heavy atom. The molecule has 0 aliphatic carbocycles. The van der Waals surface area contributed by atoms with Crippen molar-refractivity contribution < 1.29 is 14.0 Å². The molecule has 106 valence electrons. The molecule has 1 aromatic rings. The third kappa shape index (κ3) is 3.50. The first-order valence-corrected chi connectivity index (χ1v) is 9.16. The molecule has 0 fully saturated rings. The Bertz CT molecular complexity index is 478. The van der Waals surface area contributed by atoms with Crippen LogP contribution in [-0.2, 0) is 4.74 Å². The number of esters is 1. The molecule has 0 aliphatic rings. The molecule has 0 spiro atoms. The fourth-order valence-electron chi connectivity index (χ4n) is 1.33. The third-order valence-corrected chi connectivity index (χ3v) is 7.97. The molecule has 0 heterocycles. The number of nitrogen functional groups attached to an aromatic ring is 1. The van der Waals surface area contributed by atoms with Gasteiger partial charge in [-0.2, -0.15) is 0 Å². The normalized spacial score (nSPS) is 12.1. The van der Waals surface area contributed by atoms with Crippen LogP contribution in [-0.4, -0.2) is 21.4 Å². The van der Waals surface area contributed by atoms with Crippen LogP contribution in [0.2, 0.25) is 18.1 Å². The Balaban J connectivity index is 3.08. The van der Waals surface area contributed by atoms with Crippen LogP contribution in [0, 0.1) is 0 Å². The molecule has 0 saturated heterocycles. The van der Waals surface area contributed by atoms with Gasteiger partial charge in [0, 0.05) is 5.69 Å². The predicted molar refractivity (Wildman–Crippen MR) is 80.0 cm³/mol. The van der Waals surface area contributed by atoms with Gasteiger partial charge < -0.3 is 14.9 Å². The van der Waals surface area contributed by atoms with Gasteiger partial charge in [-0.1, -0.05) is 20.8 Å². The summed E-state index contributed by atoms with van der Waals surface area (Å²) >= 11 is 0. The highest BCUT2D eigenvalue weighted by atomic mass is 28.4. The second-order valence-corrected chi connectivity index (χ2v) is 10.8. The van der Waals surface area contributed by atoms with Crippen LogP contribution >= 0.6 is 0 Å². The quantitative estimate of drug-likeness (QED) is 0.524. The molecule has 2 N–H and O–H groups in total. The number of ether oxygens (including phenoxy) is 1.